The van der Waals surface area contributed by atoms with Gasteiger partial charge in [0.1, 0.15) is 5.75 Å². The minimum absolute atomic E-state index is 0.0656. The molecular formula is C22H26N2O2. The van der Waals surface area contributed by atoms with Gasteiger partial charge in [-0.3, -0.25) is 9.69 Å². The van der Waals surface area contributed by atoms with Gasteiger partial charge in [0.2, 0.25) is 0 Å². The number of hydrogen-bond donors (Lipinski definition) is 0. The van der Waals surface area contributed by atoms with E-state index in [9.17, 15) is 4.79 Å². The Morgan fingerprint density at radius 2 is 1.81 bits per heavy atom. The van der Waals surface area contributed by atoms with E-state index in [2.05, 4.69) is 43.0 Å². The summed E-state index contributed by atoms with van der Waals surface area (Å²) < 4.78 is 5.65. The summed E-state index contributed by atoms with van der Waals surface area (Å²) in [4.78, 5) is 17.2. The Morgan fingerprint density at radius 1 is 1.08 bits per heavy atom. The van der Waals surface area contributed by atoms with Gasteiger partial charge in [0.25, 0.3) is 5.91 Å². The van der Waals surface area contributed by atoms with E-state index in [1.807, 2.05) is 35.2 Å². The van der Waals surface area contributed by atoms with Gasteiger partial charge in [-0.2, -0.15) is 0 Å². The summed E-state index contributed by atoms with van der Waals surface area (Å²) in [5.74, 6) is 0.806. The van der Waals surface area contributed by atoms with E-state index in [1.54, 1.807) is 0 Å². The molecule has 0 radical (unpaired) electrons. The summed E-state index contributed by atoms with van der Waals surface area (Å²) in [5.41, 5.74) is 2.93. The molecule has 1 atom stereocenters. The molecular weight excluding hydrogens is 324 g/mol. The minimum Gasteiger partial charge on any atom is -0.484 e. The van der Waals surface area contributed by atoms with Crippen LogP contribution in [-0.2, 0) is 10.2 Å². The smallest absolute Gasteiger partial charge is 0.260 e. The average Bonchev–Trinajstić information content (AvgIpc) is 2.66. The van der Waals surface area contributed by atoms with Crippen molar-refractivity contribution in [2.45, 2.75) is 25.3 Å². The van der Waals surface area contributed by atoms with E-state index in [0.717, 1.165) is 31.9 Å². The van der Waals surface area contributed by atoms with Crippen LogP contribution >= 0.6 is 0 Å². The number of ether oxygens (including phenoxy) is 1. The van der Waals surface area contributed by atoms with Crippen LogP contribution in [0.25, 0.3) is 0 Å². The summed E-state index contributed by atoms with van der Waals surface area (Å²) in [6.07, 6.45) is 0. The highest BCUT2D eigenvalue weighted by Crippen LogP contribution is 2.40. The number of nitrogens with zero attached hydrogens (tertiary/aromatic N) is 2. The fourth-order valence-electron chi connectivity index (χ4n) is 4.28. The SMILES string of the molecule is CC1(C)CN2CCN(C(=O)COc3ccccc3)CC2c2ccccc21. The molecule has 136 valence electrons. The molecule has 2 aliphatic rings. The van der Waals surface area contributed by atoms with Gasteiger partial charge in [0.05, 0.1) is 6.04 Å². The van der Waals surface area contributed by atoms with Crippen LogP contribution in [0.4, 0.5) is 0 Å². The molecule has 0 bridgehead atoms. The molecule has 2 aromatic rings. The molecule has 4 rings (SSSR count). The standard InChI is InChI=1S/C22H26N2O2/c1-22(2)16-24-13-12-23(14-20(24)18-10-6-7-11-19(18)22)21(25)15-26-17-8-4-3-5-9-17/h3-11,20H,12-16H2,1-2H3. The van der Waals surface area contributed by atoms with Crippen molar-refractivity contribution in [1.29, 1.82) is 0 Å². The van der Waals surface area contributed by atoms with Crippen molar-refractivity contribution in [2.75, 3.05) is 32.8 Å². The van der Waals surface area contributed by atoms with Crippen molar-refractivity contribution in [3.8, 4) is 5.75 Å². The van der Waals surface area contributed by atoms with Crippen LogP contribution in [0.5, 0.6) is 5.75 Å². The second kappa shape index (κ2) is 6.76. The molecule has 0 saturated carbocycles. The molecule has 0 N–H and O–H groups in total. The number of fused-ring (bicyclic) bond motifs is 3. The molecule has 1 saturated heterocycles. The molecule has 1 unspecified atom stereocenters. The lowest BCUT2D eigenvalue weighted by atomic mass is 9.75. The number of rotatable bonds is 3. The van der Waals surface area contributed by atoms with Crippen molar-refractivity contribution in [2.24, 2.45) is 0 Å². The number of hydrogen-bond acceptors (Lipinski definition) is 3. The highest BCUT2D eigenvalue weighted by Gasteiger charge is 2.40. The second-order valence-corrected chi connectivity index (χ2v) is 7.90. The number of carbonyl (C=O) groups is 1. The predicted octanol–water partition coefficient (Wildman–Crippen LogP) is 3.24. The number of benzene rings is 2. The average molecular weight is 350 g/mol. The van der Waals surface area contributed by atoms with Crippen LogP contribution in [-0.4, -0.2) is 48.5 Å². The van der Waals surface area contributed by atoms with Gasteiger partial charge in [-0.25, -0.2) is 0 Å². The van der Waals surface area contributed by atoms with E-state index >= 15 is 0 Å². The minimum atomic E-state index is 0.0656. The molecule has 2 aromatic carbocycles. The van der Waals surface area contributed by atoms with Crippen molar-refractivity contribution >= 4 is 5.91 Å². The first-order chi connectivity index (χ1) is 12.5. The van der Waals surface area contributed by atoms with Gasteiger partial charge < -0.3 is 9.64 Å². The number of carbonyl (C=O) groups excluding carboxylic acids is 1. The lowest BCUT2D eigenvalue weighted by Crippen LogP contribution is -2.56. The van der Waals surface area contributed by atoms with Crippen molar-refractivity contribution < 1.29 is 9.53 Å². The fraction of sp³-hybridized carbons (Fsp3) is 0.409. The normalized spacial score (nSPS) is 21.6. The van der Waals surface area contributed by atoms with Crippen LogP contribution in [0.1, 0.15) is 31.0 Å². The first-order valence-corrected chi connectivity index (χ1v) is 9.34. The maximum atomic E-state index is 12.7. The topological polar surface area (TPSA) is 32.8 Å². The number of para-hydroxylation sites is 1. The highest BCUT2D eigenvalue weighted by molar-refractivity contribution is 5.78. The second-order valence-electron chi connectivity index (χ2n) is 7.90. The Labute approximate surface area is 155 Å². The Kier molecular flexibility index (Phi) is 4.45. The molecule has 26 heavy (non-hydrogen) atoms. The zero-order chi connectivity index (χ0) is 18.1. The Hall–Kier alpha value is -2.33. The van der Waals surface area contributed by atoms with Crippen LogP contribution < -0.4 is 4.74 Å². The summed E-state index contributed by atoms with van der Waals surface area (Å²) in [5, 5.41) is 0. The Bertz CT molecular complexity index is 788. The molecule has 0 aliphatic carbocycles. The van der Waals surface area contributed by atoms with E-state index < -0.39 is 0 Å². The van der Waals surface area contributed by atoms with E-state index in [4.69, 9.17) is 4.74 Å². The van der Waals surface area contributed by atoms with Crippen LogP contribution in [0.2, 0.25) is 0 Å². The maximum Gasteiger partial charge on any atom is 0.260 e. The number of amides is 1. The Morgan fingerprint density at radius 3 is 2.62 bits per heavy atom. The largest absolute Gasteiger partial charge is 0.484 e. The van der Waals surface area contributed by atoms with Crippen LogP contribution in [0.15, 0.2) is 54.6 Å². The van der Waals surface area contributed by atoms with Crippen LogP contribution in [0, 0.1) is 0 Å². The predicted molar refractivity (Wildman–Crippen MR) is 102 cm³/mol. The van der Waals surface area contributed by atoms with E-state index in [0.29, 0.717) is 0 Å². The zero-order valence-electron chi connectivity index (χ0n) is 15.5. The third-order valence-electron chi connectivity index (χ3n) is 5.60. The third-order valence-corrected chi connectivity index (χ3v) is 5.60. The molecule has 4 nitrogen and oxygen atoms in total. The quantitative estimate of drug-likeness (QED) is 0.852. The van der Waals surface area contributed by atoms with Gasteiger partial charge in [-0.05, 0) is 23.3 Å². The molecule has 0 aromatic heterocycles. The summed E-state index contributed by atoms with van der Waals surface area (Å²) in [7, 11) is 0. The van der Waals surface area contributed by atoms with Gasteiger partial charge in [0, 0.05) is 31.6 Å². The molecule has 0 spiro atoms. The van der Waals surface area contributed by atoms with Gasteiger partial charge in [0.15, 0.2) is 6.61 Å². The van der Waals surface area contributed by atoms with Gasteiger partial charge in [-0.1, -0.05) is 56.3 Å². The summed E-state index contributed by atoms with van der Waals surface area (Å²) >= 11 is 0. The Balaban J connectivity index is 1.47. The van der Waals surface area contributed by atoms with Gasteiger partial charge in [-0.15, -0.1) is 0 Å². The lowest BCUT2D eigenvalue weighted by molar-refractivity contribution is -0.136. The van der Waals surface area contributed by atoms with E-state index in [1.165, 1.54) is 11.1 Å². The van der Waals surface area contributed by atoms with E-state index in [-0.39, 0.29) is 24.0 Å². The first-order valence-electron chi connectivity index (χ1n) is 9.34. The fourth-order valence-corrected chi connectivity index (χ4v) is 4.28. The van der Waals surface area contributed by atoms with Crippen molar-refractivity contribution in [3.63, 3.8) is 0 Å². The third kappa shape index (κ3) is 3.21. The molecule has 2 heterocycles. The summed E-state index contributed by atoms with van der Waals surface area (Å²) in [6.45, 7) is 8.19. The monoisotopic (exact) mass is 350 g/mol. The first kappa shape index (κ1) is 17.1. The van der Waals surface area contributed by atoms with Crippen LogP contribution in [0.3, 0.4) is 0 Å². The van der Waals surface area contributed by atoms with Crippen molar-refractivity contribution in [1.82, 2.24) is 9.80 Å². The maximum absolute atomic E-state index is 12.7. The zero-order valence-corrected chi connectivity index (χ0v) is 15.5. The highest BCUT2D eigenvalue weighted by atomic mass is 16.5. The lowest BCUT2D eigenvalue weighted by Gasteiger charge is -2.50. The van der Waals surface area contributed by atoms with Crippen molar-refractivity contribution in [3.05, 3.63) is 65.7 Å². The summed E-state index contributed by atoms with van der Waals surface area (Å²) in [6, 6.07) is 18.5. The molecule has 1 amide bonds. The molecule has 4 heteroatoms. The number of piperazine rings is 1. The molecule has 1 fully saturated rings. The van der Waals surface area contributed by atoms with Gasteiger partial charge >= 0.3 is 0 Å². The molecule has 2 aliphatic heterocycles.